The summed E-state index contributed by atoms with van der Waals surface area (Å²) in [5, 5.41) is 20.6. The van der Waals surface area contributed by atoms with Crippen molar-refractivity contribution in [1.82, 2.24) is 10.6 Å². The van der Waals surface area contributed by atoms with Crippen LogP contribution in [0.2, 0.25) is 0 Å². The first-order valence-electron chi connectivity index (χ1n) is 12.8. The second-order valence-electron chi connectivity index (χ2n) is 10.5. The van der Waals surface area contributed by atoms with Crippen LogP contribution in [0.25, 0.3) is 0 Å². The van der Waals surface area contributed by atoms with Crippen molar-refractivity contribution < 1.29 is 28.7 Å². The van der Waals surface area contributed by atoms with E-state index in [1.54, 1.807) is 57.2 Å². The van der Waals surface area contributed by atoms with Gasteiger partial charge in [-0.25, -0.2) is 0 Å². The van der Waals surface area contributed by atoms with E-state index in [0.717, 1.165) is 4.88 Å². The summed E-state index contributed by atoms with van der Waals surface area (Å²) in [6.07, 6.45) is -0.606. The van der Waals surface area contributed by atoms with E-state index in [2.05, 4.69) is 10.6 Å². The number of rotatable bonds is 14. The first-order valence-corrected chi connectivity index (χ1v) is 13.7. The Morgan fingerprint density at radius 1 is 0.976 bits per heavy atom. The number of ether oxygens (including phenoxy) is 2. The van der Waals surface area contributed by atoms with Gasteiger partial charge < -0.3 is 31.6 Å². The standard InChI is InChI=1S/C28H38N6O6S/c1-27(2,3)40-23(37)14-28(11-10-22(36)39-4,13-17-6-5-7-18(12-17)24(29)30)26(38)34-16-21(35)33-15-19-8-9-20(41-19)25(31)32/h5-9,12H,10-11,13-16H2,1-4H3,(H3,29,30)(H3,31,32)(H,33,35)(H,34,38)/t28-/m1/s1. The Morgan fingerprint density at radius 2 is 1.68 bits per heavy atom. The van der Waals surface area contributed by atoms with Crippen molar-refractivity contribution in [3.63, 3.8) is 0 Å². The van der Waals surface area contributed by atoms with Gasteiger partial charge in [0.15, 0.2) is 0 Å². The Hall–Kier alpha value is -4.26. The van der Waals surface area contributed by atoms with Crippen molar-refractivity contribution in [2.75, 3.05) is 13.7 Å². The normalized spacial score (nSPS) is 12.5. The van der Waals surface area contributed by atoms with Crippen LogP contribution < -0.4 is 22.1 Å². The monoisotopic (exact) mass is 586 g/mol. The van der Waals surface area contributed by atoms with Crippen LogP contribution in [0.3, 0.4) is 0 Å². The summed E-state index contributed by atoms with van der Waals surface area (Å²) in [5.74, 6) is -2.55. The fourth-order valence-electron chi connectivity index (χ4n) is 4.06. The molecule has 0 fully saturated rings. The van der Waals surface area contributed by atoms with Crippen LogP contribution in [-0.2, 0) is 41.6 Å². The minimum absolute atomic E-state index is 0.000822. The third-order valence-corrected chi connectivity index (χ3v) is 7.12. The van der Waals surface area contributed by atoms with Crippen LogP contribution >= 0.6 is 11.3 Å². The van der Waals surface area contributed by atoms with Crippen LogP contribution in [0, 0.1) is 16.2 Å². The van der Waals surface area contributed by atoms with E-state index in [1.165, 1.54) is 18.4 Å². The lowest BCUT2D eigenvalue weighted by atomic mass is 9.73. The topological polar surface area (TPSA) is 211 Å². The molecule has 1 aromatic heterocycles. The SMILES string of the molecule is COC(=O)CC[C@](CC(=O)OC(C)(C)C)(Cc1cccc(C(=N)N)c1)C(=O)NCC(=O)NCc1ccc(C(=N)N)s1. The molecule has 8 N–H and O–H groups in total. The average molecular weight is 587 g/mol. The van der Waals surface area contributed by atoms with E-state index in [-0.39, 0.29) is 50.4 Å². The number of hydrogen-bond acceptors (Lipinski definition) is 9. The van der Waals surface area contributed by atoms with Gasteiger partial charge in [-0.3, -0.25) is 30.0 Å². The Labute approximate surface area is 243 Å². The van der Waals surface area contributed by atoms with Gasteiger partial charge in [0, 0.05) is 16.9 Å². The van der Waals surface area contributed by atoms with Crippen molar-refractivity contribution in [2.45, 2.75) is 58.6 Å². The molecule has 13 heteroatoms. The van der Waals surface area contributed by atoms with E-state index in [9.17, 15) is 19.2 Å². The number of nitrogens with one attached hydrogen (secondary N) is 4. The molecule has 1 heterocycles. The Balaban J connectivity index is 2.31. The maximum absolute atomic E-state index is 13.8. The second kappa shape index (κ2) is 14.4. The number of methoxy groups -OCH3 is 1. The molecule has 1 atom stereocenters. The van der Waals surface area contributed by atoms with E-state index < -0.39 is 34.8 Å². The van der Waals surface area contributed by atoms with E-state index in [1.807, 2.05) is 0 Å². The Morgan fingerprint density at radius 3 is 2.27 bits per heavy atom. The third kappa shape index (κ3) is 10.7. The molecule has 2 amide bonds. The van der Waals surface area contributed by atoms with Crippen molar-refractivity contribution >= 4 is 46.8 Å². The number of carbonyl (C=O) groups excluding carboxylic acids is 4. The molecule has 12 nitrogen and oxygen atoms in total. The second-order valence-corrected chi connectivity index (χ2v) is 11.7. The quantitative estimate of drug-likeness (QED) is 0.109. The molecule has 0 radical (unpaired) electrons. The smallest absolute Gasteiger partial charge is 0.307 e. The van der Waals surface area contributed by atoms with Crippen LogP contribution in [0.4, 0.5) is 0 Å². The maximum atomic E-state index is 13.8. The Bertz CT molecular complexity index is 1300. The lowest BCUT2D eigenvalue weighted by Crippen LogP contribution is -2.48. The van der Waals surface area contributed by atoms with Gasteiger partial charge >= 0.3 is 11.9 Å². The van der Waals surface area contributed by atoms with Gasteiger partial charge in [-0.15, -0.1) is 11.3 Å². The number of nitrogens with two attached hydrogens (primary N) is 2. The molecule has 2 rings (SSSR count). The van der Waals surface area contributed by atoms with Crippen molar-refractivity contribution in [3.8, 4) is 0 Å². The van der Waals surface area contributed by atoms with Gasteiger partial charge in [-0.1, -0.05) is 18.2 Å². The summed E-state index contributed by atoms with van der Waals surface area (Å²) in [6, 6.07) is 10.1. The zero-order chi connectivity index (χ0) is 30.8. The fourth-order valence-corrected chi connectivity index (χ4v) is 4.87. The predicted molar refractivity (Wildman–Crippen MR) is 155 cm³/mol. The predicted octanol–water partition coefficient (Wildman–Crippen LogP) is 1.96. The molecule has 0 aliphatic carbocycles. The summed E-state index contributed by atoms with van der Waals surface area (Å²) >= 11 is 1.27. The lowest BCUT2D eigenvalue weighted by Gasteiger charge is -2.33. The van der Waals surface area contributed by atoms with Gasteiger partial charge in [0.05, 0.1) is 36.9 Å². The zero-order valence-electron chi connectivity index (χ0n) is 23.7. The van der Waals surface area contributed by atoms with Crippen molar-refractivity contribution in [2.24, 2.45) is 16.9 Å². The maximum Gasteiger partial charge on any atom is 0.307 e. The van der Waals surface area contributed by atoms with Crippen LogP contribution in [0.15, 0.2) is 36.4 Å². The van der Waals surface area contributed by atoms with Crippen LogP contribution in [-0.4, -0.2) is 54.7 Å². The highest BCUT2D eigenvalue weighted by molar-refractivity contribution is 7.14. The number of esters is 2. The molecule has 0 spiro atoms. The zero-order valence-corrected chi connectivity index (χ0v) is 24.5. The molecule has 0 saturated carbocycles. The largest absolute Gasteiger partial charge is 0.469 e. The van der Waals surface area contributed by atoms with Crippen LogP contribution in [0.5, 0.6) is 0 Å². The molecule has 2 aromatic rings. The number of thiophene rings is 1. The summed E-state index contributed by atoms with van der Waals surface area (Å²) in [6.45, 7) is 4.90. The highest BCUT2D eigenvalue weighted by Gasteiger charge is 2.42. The first kappa shape index (κ1) is 32.9. The van der Waals surface area contributed by atoms with Gasteiger partial charge in [-0.2, -0.15) is 0 Å². The summed E-state index contributed by atoms with van der Waals surface area (Å²) < 4.78 is 10.3. The third-order valence-electron chi connectivity index (χ3n) is 6.00. The van der Waals surface area contributed by atoms with Crippen LogP contribution in [0.1, 0.15) is 60.9 Å². The summed E-state index contributed by atoms with van der Waals surface area (Å²) in [5.41, 5.74) is 9.86. The number of carbonyl (C=O) groups is 4. The molecular weight excluding hydrogens is 548 g/mol. The van der Waals surface area contributed by atoms with Gasteiger partial charge in [0.2, 0.25) is 11.8 Å². The van der Waals surface area contributed by atoms with Crippen molar-refractivity contribution in [3.05, 3.63) is 57.3 Å². The lowest BCUT2D eigenvalue weighted by molar-refractivity contribution is -0.161. The molecule has 0 aliphatic rings. The van der Waals surface area contributed by atoms with E-state index >= 15 is 0 Å². The van der Waals surface area contributed by atoms with Gasteiger partial charge in [0.25, 0.3) is 0 Å². The number of hydrogen-bond donors (Lipinski definition) is 6. The van der Waals surface area contributed by atoms with E-state index in [0.29, 0.717) is 16.0 Å². The molecular formula is C28H38N6O6S. The number of benzene rings is 1. The molecule has 0 unspecified atom stereocenters. The number of nitrogen functional groups attached to an aromatic ring is 2. The molecule has 1 aromatic carbocycles. The first-order chi connectivity index (χ1) is 19.1. The van der Waals surface area contributed by atoms with Gasteiger partial charge in [0.1, 0.15) is 17.3 Å². The highest BCUT2D eigenvalue weighted by Crippen LogP contribution is 2.35. The number of amidine groups is 2. The minimum Gasteiger partial charge on any atom is -0.469 e. The van der Waals surface area contributed by atoms with Gasteiger partial charge in [-0.05, 0) is 57.4 Å². The Kier molecular flexibility index (Phi) is 11.6. The molecule has 222 valence electrons. The van der Waals surface area contributed by atoms with Crippen molar-refractivity contribution in [1.29, 1.82) is 10.8 Å². The van der Waals surface area contributed by atoms with E-state index in [4.69, 9.17) is 31.8 Å². The highest BCUT2D eigenvalue weighted by atomic mass is 32.1. The minimum atomic E-state index is -1.49. The summed E-state index contributed by atoms with van der Waals surface area (Å²) in [4.78, 5) is 52.9. The molecule has 0 aliphatic heterocycles. The molecule has 0 bridgehead atoms. The fraction of sp³-hybridized carbons (Fsp3) is 0.429. The number of amides is 2. The molecule has 41 heavy (non-hydrogen) atoms. The molecule has 0 saturated heterocycles. The average Bonchev–Trinajstić information content (AvgIpc) is 3.37. The summed E-state index contributed by atoms with van der Waals surface area (Å²) in [7, 11) is 1.23.